The van der Waals surface area contributed by atoms with Crippen LogP contribution in [0.4, 0.5) is 0 Å². The van der Waals surface area contributed by atoms with Gasteiger partial charge < -0.3 is 4.74 Å². The minimum atomic E-state index is -0.447. The van der Waals surface area contributed by atoms with Crippen molar-refractivity contribution < 1.29 is 9.53 Å². The van der Waals surface area contributed by atoms with Crippen LogP contribution in [0.15, 0.2) is 22.3 Å². The van der Waals surface area contributed by atoms with Gasteiger partial charge in [-0.15, -0.1) is 0 Å². The minimum absolute atomic E-state index is 0.217. The first kappa shape index (κ1) is 9.33. The van der Waals surface area contributed by atoms with Crippen molar-refractivity contribution in [1.29, 1.82) is 0 Å². The van der Waals surface area contributed by atoms with Crippen LogP contribution >= 0.6 is 11.6 Å². The fraction of sp³-hybridized carbons (Fsp3) is 0.444. The molecule has 0 atom stereocenters. The highest BCUT2D eigenvalue weighted by Crippen LogP contribution is 2.27. The third kappa shape index (κ3) is 1.89. The Kier molecular flexibility index (Phi) is 2.93. The highest BCUT2D eigenvalue weighted by Gasteiger charge is 2.15. The number of ether oxygens (including phenoxy) is 1. The molecule has 0 spiro atoms. The fourth-order valence-corrected chi connectivity index (χ4v) is 1.39. The van der Waals surface area contributed by atoms with Gasteiger partial charge in [0.1, 0.15) is 5.03 Å². The number of methoxy groups -OCH3 is 1. The zero-order chi connectivity index (χ0) is 9.14. The predicted molar refractivity (Wildman–Crippen MR) is 47.9 cm³/mol. The van der Waals surface area contributed by atoms with Crippen LogP contribution in [0.2, 0.25) is 0 Å². The molecule has 1 aliphatic carbocycles. The molecule has 0 amide bonds. The van der Waals surface area contributed by atoms with E-state index in [1.54, 1.807) is 0 Å². The topological polar surface area (TPSA) is 26.3 Å². The first-order valence-corrected chi connectivity index (χ1v) is 4.17. The van der Waals surface area contributed by atoms with Crippen molar-refractivity contribution in [3.63, 3.8) is 0 Å². The average Bonchev–Trinajstić information content (AvgIpc) is 2.49. The summed E-state index contributed by atoms with van der Waals surface area (Å²) in [6, 6.07) is 0. The summed E-state index contributed by atoms with van der Waals surface area (Å²) in [6.45, 7) is 2.02. The van der Waals surface area contributed by atoms with Gasteiger partial charge in [0.2, 0.25) is 0 Å². The SMILES string of the molecule is COC(=O)/C(Cl)=C1\C=C(C)CC1. The first-order chi connectivity index (χ1) is 5.65. The molecule has 0 aromatic heterocycles. The van der Waals surface area contributed by atoms with Crippen molar-refractivity contribution in [2.45, 2.75) is 19.8 Å². The Labute approximate surface area is 76.9 Å². The van der Waals surface area contributed by atoms with E-state index in [0.29, 0.717) is 0 Å². The maximum atomic E-state index is 11.0. The number of hydrogen-bond acceptors (Lipinski definition) is 2. The van der Waals surface area contributed by atoms with E-state index >= 15 is 0 Å². The van der Waals surface area contributed by atoms with Gasteiger partial charge in [-0.25, -0.2) is 4.79 Å². The van der Waals surface area contributed by atoms with Gasteiger partial charge in [-0.2, -0.15) is 0 Å². The fourth-order valence-electron chi connectivity index (χ4n) is 1.17. The van der Waals surface area contributed by atoms with Gasteiger partial charge >= 0.3 is 5.97 Å². The van der Waals surface area contributed by atoms with E-state index in [1.165, 1.54) is 12.7 Å². The van der Waals surface area contributed by atoms with Gasteiger partial charge in [0.15, 0.2) is 0 Å². The summed E-state index contributed by atoms with van der Waals surface area (Å²) in [5, 5.41) is 0.217. The Balaban J connectivity index is 2.85. The lowest BCUT2D eigenvalue weighted by molar-refractivity contribution is -0.135. The van der Waals surface area contributed by atoms with Crippen LogP contribution in [-0.2, 0) is 9.53 Å². The van der Waals surface area contributed by atoms with Crippen LogP contribution in [0.25, 0.3) is 0 Å². The van der Waals surface area contributed by atoms with Crippen LogP contribution in [-0.4, -0.2) is 13.1 Å². The van der Waals surface area contributed by atoms with E-state index in [0.717, 1.165) is 18.4 Å². The maximum Gasteiger partial charge on any atom is 0.349 e. The minimum Gasteiger partial charge on any atom is -0.465 e. The van der Waals surface area contributed by atoms with E-state index in [4.69, 9.17) is 11.6 Å². The van der Waals surface area contributed by atoms with Crippen LogP contribution in [0.5, 0.6) is 0 Å². The van der Waals surface area contributed by atoms with Gasteiger partial charge in [0, 0.05) is 0 Å². The van der Waals surface area contributed by atoms with Crippen molar-refractivity contribution in [3.05, 3.63) is 22.3 Å². The number of allylic oxidation sites excluding steroid dienone is 3. The molecule has 1 rings (SSSR count). The van der Waals surface area contributed by atoms with E-state index in [9.17, 15) is 4.79 Å². The monoisotopic (exact) mass is 186 g/mol. The molecule has 3 heteroatoms. The summed E-state index contributed by atoms with van der Waals surface area (Å²) in [7, 11) is 1.33. The zero-order valence-corrected chi connectivity index (χ0v) is 7.94. The summed E-state index contributed by atoms with van der Waals surface area (Å²) in [5.74, 6) is -0.447. The third-order valence-corrected chi connectivity index (χ3v) is 2.25. The molecule has 0 N–H and O–H groups in total. The van der Waals surface area contributed by atoms with E-state index in [1.807, 2.05) is 13.0 Å². The van der Waals surface area contributed by atoms with Crippen molar-refractivity contribution in [2.24, 2.45) is 0 Å². The highest BCUT2D eigenvalue weighted by molar-refractivity contribution is 6.41. The van der Waals surface area contributed by atoms with E-state index < -0.39 is 5.97 Å². The Morgan fingerprint density at radius 3 is 2.67 bits per heavy atom. The number of carbonyl (C=O) groups is 1. The molecule has 0 aliphatic heterocycles. The summed E-state index contributed by atoms with van der Waals surface area (Å²) < 4.78 is 4.50. The Morgan fingerprint density at radius 1 is 1.58 bits per heavy atom. The van der Waals surface area contributed by atoms with Gasteiger partial charge in [0.05, 0.1) is 7.11 Å². The molecule has 0 saturated heterocycles. The van der Waals surface area contributed by atoms with Crippen molar-refractivity contribution >= 4 is 17.6 Å². The van der Waals surface area contributed by atoms with E-state index in [2.05, 4.69) is 4.74 Å². The number of esters is 1. The van der Waals surface area contributed by atoms with Crippen LogP contribution < -0.4 is 0 Å². The molecule has 0 heterocycles. The molecule has 0 bridgehead atoms. The molecule has 66 valence electrons. The number of halogens is 1. The lowest BCUT2D eigenvalue weighted by atomic mass is 10.2. The van der Waals surface area contributed by atoms with E-state index in [-0.39, 0.29) is 5.03 Å². The quantitative estimate of drug-likeness (QED) is 0.464. The van der Waals surface area contributed by atoms with Gasteiger partial charge in [-0.3, -0.25) is 0 Å². The summed E-state index contributed by atoms with van der Waals surface area (Å²) in [6.07, 6.45) is 3.78. The Hall–Kier alpha value is -0.760. The first-order valence-electron chi connectivity index (χ1n) is 3.79. The van der Waals surface area contributed by atoms with Crippen LogP contribution in [0.1, 0.15) is 19.8 Å². The Bertz CT molecular complexity index is 264. The second-order valence-corrected chi connectivity index (χ2v) is 3.20. The van der Waals surface area contributed by atoms with Crippen molar-refractivity contribution in [1.82, 2.24) is 0 Å². The Morgan fingerprint density at radius 2 is 2.25 bits per heavy atom. The van der Waals surface area contributed by atoms with Crippen LogP contribution in [0.3, 0.4) is 0 Å². The molecular formula is C9H11ClO2. The summed E-state index contributed by atoms with van der Waals surface area (Å²) in [4.78, 5) is 11.0. The highest BCUT2D eigenvalue weighted by atomic mass is 35.5. The predicted octanol–water partition coefficient (Wildman–Crippen LogP) is 2.39. The molecular weight excluding hydrogens is 176 g/mol. The van der Waals surface area contributed by atoms with Gasteiger partial charge in [0.25, 0.3) is 0 Å². The molecule has 0 aromatic carbocycles. The second kappa shape index (κ2) is 3.76. The van der Waals surface area contributed by atoms with Crippen LogP contribution in [0, 0.1) is 0 Å². The normalized spacial score (nSPS) is 20.4. The molecule has 2 nitrogen and oxygen atoms in total. The largest absolute Gasteiger partial charge is 0.465 e. The number of carbonyl (C=O) groups excluding carboxylic acids is 1. The number of rotatable bonds is 1. The molecule has 0 fully saturated rings. The maximum absolute atomic E-state index is 11.0. The average molecular weight is 187 g/mol. The van der Waals surface area contributed by atoms with Gasteiger partial charge in [-0.05, 0) is 25.3 Å². The van der Waals surface area contributed by atoms with Gasteiger partial charge in [-0.1, -0.05) is 23.3 Å². The zero-order valence-electron chi connectivity index (χ0n) is 7.19. The molecule has 12 heavy (non-hydrogen) atoms. The molecule has 1 aliphatic rings. The summed E-state index contributed by atoms with van der Waals surface area (Å²) >= 11 is 5.76. The number of hydrogen-bond donors (Lipinski definition) is 0. The van der Waals surface area contributed by atoms with Crippen molar-refractivity contribution in [3.8, 4) is 0 Å². The summed E-state index contributed by atoms with van der Waals surface area (Å²) in [5.41, 5.74) is 2.15. The third-order valence-electron chi connectivity index (χ3n) is 1.86. The molecule has 0 aromatic rings. The lowest BCUT2D eigenvalue weighted by Gasteiger charge is -1.98. The lowest BCUT2D eigenvalue weighted by Crippen LogP contribution is -2.01. The smallest absolute Gasteiger partial charge is 0.349 e. The standard InChI is InChI=1S/C9H11ClO2/c1-6-3-4-7(5-6)8(10)9(11)12-2/h5H,3-4H2,1-2H3/b8-7+. The second-order valence-electron chi connectivity index (χ2n) is 2.82. The molecule has 0 radical (unpaired) electrons. The molecule has 0 saturated carbocycles. The molecule has 0 unspecified atom stereocenters. The van der Waals surface area contributed by atoms with Crippen molar-refractivity contribution in [2.75, 3.05) is 7.11 Å².